The molecule has 0 atom stereocenters. The maximum atomic E-state index is 9.72. The molecule has 0 rings (SSSR count). The molecular weight excluding hydrogens is 112 g/mol. The molecule has 0 heterocycles. The fraction of sp³-hybridized carbons (Fsp3) is 0.200. The summed E-state index contributed by atoms with van der Waals surface area (Å²) >= 11 is 5.06. The average molecular weight is 117 g/mol. The summed E-state index contributed by atoms with van der Waals surface area (Å²) in [5.74, 6) is 0. The van der Waals surface area contributed by atoms with Crippen molar-refractivity contribution in [2.24, 2.45) is 0 Å². The molecule has 0 aliphatic carbocycles. The molecule has 0 radical (unpaired) electrons. The van der Waals surface area contributed by atoms with Crippen molar-refractivity contribution in [1.29, 1.82) is 0 Å². The zero-order valence-electron chi connectivity index (χ0n) is 3.94. The van der Waals surface area contributed by atoms with E-state index in [1.54, 1.807) is 6.92 Å². The van der Waals surface area contributed by atoms with Crippen molar-refractivity contribution in [1.82, 2.24) is 0 Å². The van der Waals surface area contributed by atoms with Crippen LogP contribution in [0.4, 0.5) is 0 Å². The molecule has 0 N–H and O–H groups in total. The van der Waals surface area contributed by atoms with Crippen LogP contribution in [0.2, 0.25) is 0 Å². The van der Waals surface area contributed by atoms with Crippen LogP contribution in [-0.2, 0) is 4.79 Å². The Morgan fingerprint density at radius 2 is 2.43 bits per heavy atom. The highest BCUT2D eigenvalue weighted by molar-refractivity contribution is 6.25. The third-order valence-corrected chi connectivity index (χ3v) is 0.568. The lowest BCUT2D eigenvalue weighted by Gasteiger charge is -1.69. The van der Waals surface area contributed by atoms with Gasteiger partial charge in [0.05, 0.1) is 0 Å². The normalized spacial score (nSPS) is 6.57. The molecule has 0 fully saturated rings. The van der Waals surface area contributed by atoms with Gasteiger partial charge in [-0.05, 0) is 6.92 Å². The van der Waals surface area contributed by atoms with Crippen molar-refractivity contribution in [2.75, 3.05) is 0 Å². The Morgan fingerprint density at radius 1 is 1.86 bits per heavy atom. The molecular formula is C5H5ClO. The van der Waals surface area contributed by atoms with Gasteiger partial charge in [0.1, 0.15) is 0 Å². The van der Waals surface area contributed by atoms with E-state index in [0.29, 0.717) is 11.9 Å². The molecule has 0 aromatic rings. The van der Waals surface area contributed by atoms with Gasteiger partial charge in [-0.15, -0.1) is 5.73 Å². The van der Waals surface area contributed by atoms with E-state index >= 15 is 0 Å². The van der Waals surface area contributed by atoms with E-state index < -0.39 is 0 Å². The summed E-state index contributed by atoms with van der Waals surface area (Å²) < 4.78 is 0. The number of hydrogen-bond donors (Lipinski definition) is 0. The van der Waals surface area contributed by atoms with E-state index in [2.05, 4.69) is 5.73 Å². The van der Waals surface area contributed by atoms with Crippen LogP contribution in [0.15, 0.2) is 16.8 Å². The first-order chi connectivity index (χ1) is 3.31. The van der Waals surface area contributed by atoms with Crippen LogP contribution in [0, 0.1) is 0 Å². The first-order valence-electron chi connectivity index (χ1n) is 1.78. The Bertz CT molecular complexity index is 120. The lowest BCUT2D eigenvalue weighted by Crippen LogP contribution is -1.67. The molecule has 0 saturated carbocycles. The van der Waals surface area contributed by atoms with Crippen molar-refractivity contribution < 1.29 is 4.79 Å². The highest BCUT2D eigenvalue weighted by Crippen LogP contribution is 1.81. The molecule has 2 heteroatoms. The van der Waals surface area contributed by atoms with Crippen molar-refractivity contribution in [3.05, 3.63) is 16.8 Å². The molecule has 0 aliphatic heterocycles. The van der Waals surface area contributed by atoms with Gasteiger partial charge in [-0.2, -0.15) is 0 Å². The summed E-state index contributed by atoms with van der Waals surface area (Å²) in [6.45, 7) is 1.63. The van der Waals surface area contributed by atoms with Crippen molar-refractivity contribution in [3.63, 3.8) is 0 Å². The van der Waals surface area contributed by atoms with Crippen LogP contribution in [0.3, 0.4) is 0 Å². The quantitative estimate of drug-likeness (QED) is 0.288. The molecule has 38 valence electrons. The molecule has 0 saturated heterocycles. The van der Waals surface area contributed by atoms with E-state index in [9.17, 15) is 4.79 Å². The van der Waals surface area contributed by atoms with Crippen LogP contribution >= 0.6 is 11.6 Å². The minimum Gasteiger partial charge on any atom is -0.298 e. The van der Waals surface area contributed by atoms with Gasteiger partial charge in [-0.3, -0.25) is 4.79 Å². The predicted octanol–water partition coefficient (Wildman–Crippen LogP) is 1.48. The van der Waals surface area contributed by atoms with Crippen LogP contribution < -0.4 is 0 Å². The largest absolute Gasteiger partial charge is 0.298 e. The summed E-state index contributed by atoms with van der Waals surface area (Å²) in [6, 6.07) is 0. The first-order valence-corrected chi connectivity index (χ1v) is 2.22. The predicted molar refractivity (Wildman–Crippen MR) is 29.2 cm³/mol. The Hall–Kier alpha value is -0.520. The van der Waals surface area contributed by atoms with E-state index in [1.807, 2.05) is 0 Å². The molecule has 0 bridgehead atoms. The maximum Gasteiger partial charge on any atom is 0.153 e. The molecule has 0 aromatic heterocycles. The lowest BCUT2D eigenvalue weighted by atomic mass is 10.4. The standard InChI is InChI=1S/C5H5ClO/c1-5(4-7)2-3-6/h3-4H,1H3. The van der Waals surface area contributed by atoms with Crippen molar-refractivity contribution in [3.8, 4) is 0 Å². The molecule has 7 heavy (non-hydrogen) atoms. The van der Waals surface area contributed by atoms with Crippen molar-refractivity contribution in [2.45, 2.75) is 6.92 Å². The highest BCUT2D eigenvalue weighted by Gasteiger charge is 1.72. The minimum absolute atomic E-state index is 0.509. The number of carbonyl (C=O) groups is 1. The molecule has 0 aromatic carbocycles. The monoisotopic (exact) mass is 116 g/mol. The second kappa shape index (κ2) is 3.66. The first kappa shape index (κ1) is 6.48. The van der Waals surface area contributed by atoms with Gasteiger partial charge in [0.25, 0.3) is 0 Å². The topological polar surface area (TPSA) is 17.1 Å². The number of carbonyl (C=O) groups excluding carboxylic acids is 1. The molecule has 0 amide bonds. The van der Waals surface area contributed by atoms with Crippen LogP contribution in [0.25, 0.3) is 0 Å². The zero-order valence-corrected chi connectivity index (χ0v) is 4.70. The number of rotatable bonds is 1. The van der Waals surface area contributed by atoms with Crippen LogP contribution in [0.1, 0.15) is 6.92 Å². The van der Waals surface area contributed by atoms with Gasteiger partial charge in [0, 0.05) is 11.1 Å². The second-order valence-corrected chi connectivity index (χ2v) is 1.27. The van der Waals surface area contributed by atoms with Gasteiger partial charge in [-0.1, -0.05) is 11.6 Å². The summed E-state index contributed by atoms with van der Waals surface area (Å²) in [5, 5.41) is 0. The SMILES string of the molecule is CC(=C=CCl)C=O. The summed E-state index contributed by atoms with van der Waals surface area (Å²) in [4.78, 5) is 9.72. The van der Waals surface area contributed by atoms with E-state index in [1.165, 1.54) is 5.54 Å². The molecule has 1 nitrogen and oxygen atoms in total. The van der Waals surface area contributed by atoms with E-state index in [4.69, 9.17) is 11.6 Å². The lowest BCUT2D eigenvalue weighted by molar-refractivity contribution is -0.104. The fourth-order valence-corrected chi connectivity index (χ4v) is 0.292. The Balaban J connectivity index is 4.00. The third kappa shape index (κ3) is 3.31. The van der Waals surface area contributed by atoms with E-state index in [-0.39, 0.29) is 0 Å². The summed E-state index contributed by atoms with van der Waals surface area (Å²) in [5.41, 5.74) is 4.18. The number of allylic oxidation sites excluding steroid dienone is 1. The second-order valence-electron chi connectivity index (χ2n) is 1.05. The maximum absolute atomic E-state index is 9.72. The molecule has 0 unspecified atom stereocenters. The summed E-state index contributed by atoms with van der Waals surface area (Å²) in [6.07, 6.45) is 0.693. The Labute approximate surface area is 47.3 Å². The van der Waals surface area contributed by atoms with E-state index in [0.717, 1.165) is 0 Å². The highest BCUT2D eigenvalue weighted by atomic mass is 35.5. The smallest absolute Gasteiger partial charge is 0.153 e. The zero-order chi connectivity index (χ0) is 5.70. The van der Waals surface area contributed by atoms with Gasteiger partial charge >= 0.3 is 0 Å². The number of aldehydes is 1. The minimum atomic E-state index is 0.509. The summed E-state index contributed by atoms with van der Waals surface area (Å²) in [7, 11) is 0. The molecule has 0 aliphatic rings. The van der Waals surface area contributed by atoms with Crippen LogP contribution in [-0.4, -0.2) is 6.29 Å². The van der Waals surface area contributed by atoms with Gasteiger partial charge < -0.3 is 0 Å². The van der Waals surface area contributed by atoms with Gasteiger partial charge in [0.15, 0.2) is 6.29 Å². The Morgan fingerprint density at radius 3 is 2.57 bits per heavy atom. The van der Waals surface area contributed by atoms with Gasteiger partial charge in [0.2, 0.25) is 0 Å². The third-order valence-electron chi connectivity index (χ3n) is 0.459. The van der Waals surface area contributed by atoms with Gasteiger partial charge in [-0.25, -0.2) is 0 Å². The van der Waals surface area contributed by atoms with Crippen LogP contribution in [0.5, 0.6) is 0 Å². The van der Waals surface area contributed by atoms with Crippen molar-refractivity contribution >= 4 is 17.9 Å². The average Bonchev–Trinajstić information content (AvgIpc) is 1.68. The fourth-order valence-electron chi connectivity index (χ4n) is 0.120. The molecule has 0 spiro atoms. The Kier molecular flexibility index (Phi) is 3.39. The number of hydrogen-bond acceptors (Lipinski definition) is 1. The number of halogens is 1.